The molecule has 118 valence electrons. The van der Waals surface area contributed by atoms with E-state index in [2.05, 4.69) is 4.98 Å². The van der Waals surface area contributed by atoms with Gasteiger partial charge in [0.05, 0.1) is 4.88 Å². The Labute approximate surface area is 134 Å². The summed E-state index contributed by atoms with van der Waals surface area (Å²) in [6, 6.07) is 3.93. The van der Waals surface area contributed by atoms with E-state index in [0.717, 1.165) is 17.7 Å². The van der Waals surface area contributed by atoms with E-state index in [9.17, 15) is 4.79 Å². The minimum atomic E-state index is -0.119. The molecule has 0 saturated heterocycles. The second-order valence-corrected chi connectivity index (χ2v) is 6.82. The fourth-order valence-corrected chi connectivity index (χ4v) is 3.55. The molecule has 0 aromatic carbocycles. The van der Waals surface area contributed by atoms with Crippen LogP contribution in [-0.4, -0.2) is 11.0 Å². The predicted molar refractivity (Wildman–Crippen MR) is 85.5 cm³/mol. The van der Waals surface area contributed by atoms with Crippen LogP contribution in [0.1, 0.15) is 50.0 Å². The molecule has 0 unspecified atom stereocenters. The Bertz CT molecular complexity index is 612. The van der Waals surface area contributed by atoms with Crippen molar-refractivity contribution in [1.82, 2.24) is 4.98 Å². The molecule has 0 N–H and O–H groups in total. The smallest absolute Gasteiger partial charge is 0.306 e. The van der Waals surface area contributed by atoms with Gasteiger partial charge < -0.3 is 9.15 Å². The number of hydrogen-bond acceptors (Lipinski definition) is 5. The first-order chi connectivity index (χ1) is 10.7. The Morgan fingerprint density at radius 3 is 2.95 bits per heavy atom. The Hall–Kier alpha value is -1.62. The molecule has 0 spiro atoms. The summed E-state index contributed by atoms with van der Waals surface area (Å²) in [5, 5.41) is 1.98. The number of thiophene rings is 1. The first-order valence-electron chi connectivity index (χ1n) is 7.88. The van der Waals surface area contributed by atoms with Crippen molar-refractivity contribution in [3.05, 3.63) is 29.0 Å². The lowest BCUT2D eigenvalue weighted by molar-refractivity contribution is -0.146. The lowest BCUT2D eigenvalue weighted by Gasteiger charge is -2.20. The third-order valence-electron chi connectivity index (χ3n) is 4.17. The van der Waals surface area contributed by atoms with Crippen molar-refractivity contribution >= 4 is 17.3 Å². The van der Waals surface area contributed by atoms with E-state index in [1.807, 2.05) is 24.4 Å². The van der Waals surface area contributed by atoms with E-state index < -0.39 is 0 Å². The molecule has 4 nitrogen and oxygen atoms in total. The average molecular weight is 319 g/mol. The highest BCUT2D eigenvalue weighted by atomic mass is 32.1. The van der Waals surface area contributed by atoms with E-state index in [-0.39, 0.29) is 12.6 Å². The molecule has 0 atom stereocenters. The van der Waals surface area contributed by atoms with Crippen LogP contribution >= 0.6 is 11.3 Å². The topological polar surface area (TPSA) is 52.3 Å². The van der Waals surface area contributed by atoms with Crippen LogP contribution in [0.2, 0.25) is 0 Å². The zero-order valence-corrected chi connectivity index (χ0v) is 13.7. The summed E-state index contributed by atoms with van der Waals surface area (Å²) in [5.41, 5.74) is 0.709. The Kier molecular flexibility index (Phi) is 4.93. The van der Waals surface area contributed by atoms with Gasteiger partial charge in [-0.15, -0.1) is 11.3 Å². The number of oxazole rings is 1. The molecule has 3 rings (SSSR count). The van der Waals surface area contributed by atoms with Crippen molar-refractivity contribution in [3.63, 3.8) is 0 Å². The van der Waals surface area contributed by atoms with E-state index >= 15 is 0 Å². The van der Waals surface area contributed by atoms with Crippen LogP contribution in [0.25, 0.3) is 10.8 Å². The fourth-order valence-electron chi connectivity index (χ4n) is 2.90. The highest BCUT2D eigenvalue weighted by molar-refractivity contribution is 7.13. The van der Waals surface area contributed by atoms with Gasteiger partial charge in [-0.05, 0) is 37.1 Å². The first kappa shape index (κ1) is 15.3. The summed E-state index contributed by atoms with van der Waals surface area (Å²) in [6.07, 6.45) is 6.63. The lowest BCUT2D eigenvalue weighted by atomic mass is 9.87. The lowest BCUT2D eigenvalue weighted by Crippen LogP contribution is -2.14. The first-order valence-corrected chi connectivity index (χ1v) is 8.76. The molecule has 1 saturated carbocycles. The zero-order valence-electron chi connectivity index (χ0n) is 12.8. The van der Waals surface area contributed by atoms with Crippen LogP contribution in [0.4, 0.5) is 0 Å². The minimum Gasteiger partial charge on any atom is -0.459 e. The van der Waals surface area contributed by atoms with Gasteiger partial charge in [-0.2, -0.15) is 0 Å². The number of rotatable bonds is 5. The molecule has 2 heterocycles. The fraction of sp³-hybridized carbons (Fsp3) is 0.529. The molecule has 0 aliphatic heterocycles. The van der Waals surface area contributed by atoms with Crippen LogP contribution in [0, 0.1) is 12.8 Å². The number of aryl methyl sites for hydroxylation is 1. The standard InChI is InChI=1S/C17H21NO3S/c1-12-14(18-17(21-12)15-8-5-9-22-15)11-20-16(19)10-13-6-3-2-4-7-13/h5,8-9,13H,2-4,6-7,10-11H2,1H3. The maximum absolute atomic E-state index is 12.0. The van der Waals surface area contributed by atoms with Crippen molar-refractivity contribution < 1.29 is 13.9 Å². The van der Waals surface area contributed by atoms with Gasteiger partial charge in [0.1, 0.15) is 18.1 Å². The molecule has 1 aliphatic carbocycles. The average Bonchev–Trinajstić information content (AvgIpc) is 3.16. The molecule has 0 radical (unpaired) electrons. The minimum absolute atomic E-state index is 0.119. The van der Waals surface area contributed by atoms with Crippen LogP contribution in [0.3, 0.4) is 0 Å². The number of carbonyl (C=O) groups is 1. The normalized spacial score (nSPS) is 15.9. The van der Waals surface area contributed by atoms with Gasteiger partial charge in [0.2, 0.25) is 5.89 Å². The Balaban J connectivity index is 1.53. The number of nitrogens with zero attached hydrogens (tertiary/aromatic N) is 1. The number of carbonyl (C=O) groups excluding carboxylic acids is 1. The third kappa shape index (κ3) is 3.77. The largest absolute Gasteiger partial charge is 0.459 e. The zero-order chi connectivity index (χ0) is 15.4. The van der Waals surface area contributed by atoms with Crippen molar-refractivity contribution in [2.45, 2.75) is 52.1 Å². The molecule has 0 bridgehead atoms. The molecule has 2 aromatic heterocycles. The molecular formula is C17H21NO3S. The van der Waals surface area contributed by atoms with Crippen LogP contribution in [0.15, 0.2) is 21.9 Å². The number of ether oxygens (including phenoxy) is 1. The van der Waals surface area contributed by atoms with Gasteiger partial charge in [-0.1, -0.05) is 25.3 Å². The molecule has 1 fully saturated rings. The van der Waals surface area contributed by atoms with Crippen LogP contribution < -0.4 is 0 Å². The Morgan fingerprint density at radius 1 is 1.41 bits per heavy atom. The maximum Gasteiger partial charge on any atom is 0.306 e. The summed E-state index contributed by atoms with van der Waals surface area (Å²) in [7, 11) is 0. The molecule has 5 heteroatoms. The SMILES string of the molecule is Cc1oc(-c2cccs2)nc1COC(=O)CC1CCCCC1. The summed E-state index contributed by atoms with van der Waals surface area (Å²) in [5.74, 6) is 1.70. The number of hydrogen-bond donors (Lipinski definition) is 0. The Morgan fingerprint density at radius 2 is 2.23 bits per heavy atom. The van der Waals surface area contributed by atoms with Crippen molar-refractivity contribution in [1.29, 1.82) is 0 Å². The van der Waals surface area contributed by atoms with Gasteiger partial charge in [0.15, 0.2) is 0 Å². The monoisotopic (exact) mass is 319 g/mol. The van der Waals surface area contributed by atoms with Gasteiger partial charge in [0, 0.05) is 6.42 Å². The second-order valence-electron chi connectivity index (χ2n) is 5.87. The van der Waals surface area contributed by atoms with Crippen LogP contribution in [0.5, 0.6) is 0 Å². The van der Waals surface area contributed by atoms with Crippen molar-refractivity contribution in [2.75, 3.05) is 0 Å². The van der Waals surface area contributed by atoms with Gasteiger partial charge in [-0.25, -0.2) is 4.98 Å². The molecular weight excluding hydrogens is 298 g/mol. The molecule has 0 amide bonds. The summed E-state index contributed by atoms with van der Waals surface area (Å²) in [4.78, 5) is 17.4. The number of aromatic nitrogens is 1. The molecule has 22 heavy (non-hydrogen) atoms. The van der Waals surface area contributed by atoms with E-state index in [4.69, 9.17) is 9.15 Å². The summed E-state index contributed by atoms with van der Waals surface area (Å²) < 4.78 is 11.0. The van der Waals surface area contributed by atoms with Crippen LogP contribution in [-0.2, 0) is 16.1 Å². The van der Waals surface area contributed by atoms with E-state index in [0.29, 0.717) is 29.7 Å². The van der Waals surface area contributed by atoms with Gasteiger partial charge in [0.25, 0.3) is 0 Å². The van der Waals surface area contributed by atoms with Crippen molar-refractivity contribution in [3.8, 4) is 10.8 Å². The highest BCUT2D eigenvalue weighted by Crippen LogP contribution is 2.28. The summed E-state index contributed by atoms with van der Waals surface area (Å²) >= 11 is 1.58. The van der Waals surface area contributed by atoms with Gasteiger partial charge >= 0.3 is 5.97 Å². The maximum atomic E-state index is 12.0. The molecule has 1 aliphatic rings. The molecule has 2 aromatic rings. The predicted octanol–water partition coefficient (Wildman–Crippen LogP) is 4.73. The van der Waals surface area contributed by atoms with Gasteiger partial charge in [-0.3, -0.25) is 4.79 Å². The highest BCUT2D eigenvalue weighted by Gasteiger charge is 2.19. The third-order valence-corrected chi connectivity index (χ3v) is 5.03. The van der Waals surface area contributed by atoms with Crippen molar-refractivity contribution in [2.24, 2.45) is 5.92 Å². The second kappa shape index (κ2) is 7.09. The van der Waals surface area contributed by atoms with E-state index in [1.165, 1.54) is 19.3 Å². The number of esters is 1. The summed E-state index contributed by atoms with van der Waals surface area (Å²) in [6.45, 7) is 2.06. The quantitative estimate of drug-likeness (QED) is 0.748. The van der Waals surface area contributed by atoms with E-state index in [1.54, 1.807) is 11.3 Å².